The Balaban J connectivity index is 1.81. The van der Waals surface area contributed by atoms with Crippen molar-refractivity contribution in [3.05, 3.63) is 30.1 Å². The second kappa shape index (κ2) is 5.47. The number of methoxy groups -OCH3 is 1. The summed E-state index contributed by atoms with van der Waals surface area (Å²) < 4.78 is 23.8. The molecule has 1 saturated carbocycles. The molecular weight excluding hydrogens is 221 g/mol. The minimum Gasteiger partial charge on any atom is -0.486 e. The van der Waals surface area contributed by atoms with Crippen LogP contribution in [0.15, 0.2) is 24.3 Å². The average Bonchev–Trinajstić information content (AvgIpc) is 3.05. The zero-order valence-electron chi connectivity index (χ0n) is 10.0. The number of hydrogen-bond donors (Lipinski definition) is 1. The predicted molar refractivity (Wildman–Crippen MR) is 63.7 cm³/mol. The van der Waals surface area contributed by atoms with Crippen molar-refractivity contribution in [2.75, 3.05) is 26.8 Å². The molecule has 4 heteroatoms. The van der Waals surface area contributed by atoms with Crippen LogP contribution in [0.4, 0.5) is 4.39 Å². The molecule has 0 radical (unpaired) electrons. The van der Waals surface area contributed by atoms with Crippen LogP contribution in [0.5, 0.6) is 5.75 Å². The van der Waals surface area contributed by atoms with Gasteiger partial charge >= 0.3 is 0 Å². The summed E-state index contributed by atoms with van der Waals surface area (Å²) in [7, 11) is 1.68. The van der Waals surface area contributed by atoms with Crippen molar-refractivity contribution in [3.8, 4) is 5.75 Å². The molecule has 1 aromatic carbocycles. The SMILES string of the molecule is COCCNCC1(Oc2cccc(F)c2)CC1. The number of nitrogens with one attached hydrogen (secondary N) is 1. The highest BCUT2D eigenvalue weighted by Crippen LogP contribution is 2.39. The first-order chi connectivity index (χ1) is 8.24. The van der Waals surface area contributed by atoms with Crippen LogP contribution in [-0.4, -0.2) is 32.4 Å². The molecular formula is C13H18FNO2. The van der Waals surface area contributed by atoms with Gasteiger partial charge in [0.25, 0.3) is 0 Å². The number of halogens is 1. The lowest BCUT2D eigenvalue weighted by Crippen LogP contribution is -2.35. The molecule has 0 atom stereocenters. The van der Waals surface area contributed by atoms with Crippen LogP contribution in [0.3, 0.4) is 0 Å². The number of ether oxygens (including phenoxy) is 2. The monoisotopic (exact) mass is 239 g/mol. The Kier molecular flexibility index (Phi) is 3.97. The van der Waals surface area contributed by atoms with Gasteiger partial charge in [-0.15, -0.1) is 0 Å². The van der Waals surface area contributed by atoms with E-state index in [1.54, 1.807) is 19.2 Å². The molecule has 94 valence electrons. The lowest BCUT2D eigenvalue weighted by atomic mass is 10.3. The van der Waals surface area contributed by atoms with E-state index in [0.29, 0.717) is 12.4 Å². The Morgan fingerprint density at radius 2 is 2.24 bits per heavy atom. The smallest absolute Gasteiger partial charge is 0.126 e. The molecule has 0 aromatic heterocycles. The van der Waals surface area contributed by atoms with Gasteiger partial charge in [-0.3, -0.25) is 0 Å². The van der Waals surface area contributed by atoms with E-state index in [0.717, 1.165) is 25.9 Å². The summed E-state index contributed by atoms with van der Waals surface area (Å²) in [5, 5.41) is 3.28. The summed E-state index contributed by atoms with van der Waals surface area (Å²) in [5.41, 5.74) is -0.137. The lowest BCUT2D eigenvalue weighted by Gasteiger charge is -2.18. The lowest BCUT2D eigenvalue weighted by molar-refractivity contribution is 0.161. The molecule has 1 aliphatic rings. The Hall–Kier alpha value is -1.13. The first kappa shape index (κ1) is 12.3. The predicted octanol–water partition coefficient (Wildman–Crippen LogP) is 1.97. The van der Waals surface area contributed by atoms with Crippen LogP contribution in [-0.2, 0) is 4.74 Å². The summed E-state index contributed by atoms with van der Waals surface area (Å²) in [4.78, 5) is 0. The van der Waals surface area contributed by atoms with Gasteiger partial charge in [0.15, 0.2) is 0 Å². The van der Waals surface area contributed by atoms with E-state index in [4.69, 9.17) is 9.47 Å². The Morgan fingerprint density at radius 3 is 2.88 bits per heavy atom. The molecule has 17 heavy (non-hydrogen) atoms. The van der Waals surface area contributed by atoms with E-state index < -0.39 is 0 Å². The van der Waals surface area contributed by atoms with Crippen molar-refractivity contribution in [1.82, 2.24) is 5.32 Å². The fourth-order valence-electron chi connectivity index (χ4n) is 1.73. The van der Waals surface area contributed by atoms with Crippen LogP contribution >= 0.6 is 0 Å². The first-order valence-electron chi connectivity index (χ1n) is 5.88. The van der Waals surface area contributed by atoms with Gasteiger partial charge < -0.3 is 14.8 Å². The zero-order chi connectivity index (χ0) is 12.1. The maximum absolute atomic E-state index is 13.0. The average molecular weight is 239 g/mol. The minimum absolute atomic E-state index is 0.137. The maximum Gasteiger partial charge on any atom is 0.126 e. The van der Waals surface area contributed by atoms with Crippen LogP contribution in [0, 0.1) is 5.82 Å². The highest BCUT2D eigenvalue weighted by Gasteiger charge is 2.45. The molecule has 0 bridgehead atoms. The van der Waals surface area contributed by atoms with Gasteiger partial charge in [-0.2, -0.15) is 0 Å². The second-order valence-electron chi connectivity index (χ2n) is 4.41. The minimum atomic E-state index is -0.259. The quantitative estimate of drug-likeness (QED) is 0.738. The van der Waals surface area contributed by atoms with E-state index >= 15 is 0 Å². The van der Waals surface area contributed by atoms with Crippen LogP contribution in [0.1, 0.15) is 12.8 Å². The summed E-state index contributed by atoms with van der Waals surface area (Å²) in [6, 6.07) is 6.30. The number of benzene rings is 1. The summed E-state index contributed by atoms with van der Waals surface area (Å²) in [5.74, 6) is 0.349. The van der Waals surface area contributed by atoms with E-state index in [1.807, 2.05) is 0 Å². The van der Waals surface area contributed by atoms with Gasteiger partial charge in [-0.1, -0.05) is 6.07 Å². The van der Waals surface area contributed by atoms with Crippen molar-refractivity contribution in [3.63, 3.8) is 0 Å². The Bertz CT molecular complexity index is 366. The van der Waals surface area contributed by atoms with E-state index in [1.165, 1.54) is 12.1 Å². The molecule has 0 heterocycles. The molecule has 1 aromatic rings. The molecule has 0 amide bonds. The molecule has 1 N–H and O–H groups in total. The van der Waals surface area contributed by atoms with Gasteiger partial charge in [0.2, 0.25) is 0 Å². The molecule has 0 unspecified atom stereocenters. The van der Waals surface area contributed by atoms with Crippen molar-refractivity contribution >= 4 is 0 Å². The van der Waals surface area contributed by atoms with Gasteiger partial charge in [0.1, 0.15) is 17.2 Å². The molecule has 0 aliphatic heterocycles. The number of rotatable bonds is 7. The van der Waals surface area contributed by atoms with Crippen LogP contribution in [0.25, 0.3) is 0 Å². The second-order valence-corrected chi connectivity index (χ2v) is 4.41. The van der Waals surface area contributed by atoms with Gasteiger partial charge in [-0.25, -0.2) is 4.39 Å². The zero-order valence-corrected chi connectivity index (χ0v) is 10.0. The molecule has 2 rings (SSSR count). The maximum atomic E-state index is 13.0. The fourth-order valence-corrected chi connectivity index (χ4v) is 1.73. The summed E-state index contributed by atoms with van der Waals surface area (Å²) >= 11 is 0. The standard InChI is InChI=1S/C13H18FNO2/c1-16-8-7-15-10-13(5-6-13)17-12-4-2-3-11(14)9-12/h2-4,9,15H,5-8,10H2,1H3. The first-order valence-corrected chi connectivity index (χ1v) is 5.88. The van der Waals surface area contributed by atoms with E-state index in [-0.39, 0.29) is 11.4 Å². The van der Waals surface area contributed by atoms with E-state index in [9.17, 15) is 4.39 Å². The third kappa shape index (κ3) is 3.68. The molecule has 1 fully saturated rings. The largest absolute Gasteiger partial charge is 0.486 e. The number of hydrogen-bond acceptors (Lipinski definition) is 3. The van der Waals surface area contributed by atoms with E-state index in [2.05, 4.69) is 5.32 Å². The third-order valence-corrected chi connectivity index (χ3v) is 2.87. The van der Waals surface area contributed by atoms with Crippen molar-refractivity contribution in [1.29, 1.82) is 0 Å². The third-order valence-electron chi connectivity index (χ3n) is 2.87. The highest BCUT2D eigenvalue weighted by molar-refractivity contribution is 5.24. The fraction of sp³-hybridized carbons (Fsp3) is 0.538. The van der Waals surface area contributed by atoms with Gasteiger partial charge in [0.05, 0.1) is 6.61 Å². The van der Waals surface area contributed by atoms with Gasteiger partial charge in [-0.05, 0) is 25.0 Å². The van der Waals surface area contributed by atoms with Crippen LogP contribution < -0.4 is 10.1 Å². The molecule has 0 saturated heterocycles. The van der Waals surface area contributed by atoms with Crippen LogP contribution in [0.2, 0.25) is 0 Å². The topological polar surface area (TPSA) is 30.5 Å². The molecule has 3 nitrogen and oxygen atoms in total. The van der Waals surface area contributed by atoms with Crippen molar-refractivity contribution in [2.45, 2.75) is 18.4 Å². The molecule has 0 spiro atoms. The van der Waals surface area contributed by atoms with Crippen molar-refractivity contribution < 1.29 is 13.9 Å². The normalized spacial score (nSPS) is 16.8. The molecule has 1 aliphatic carbocycles. The summed E-state index contributed by atoms with van der Waals surface area (Å²) in [6.45, 7) is 2.29. The Labute approximate surface area is 101 Å². The highest BCUT2D eigenvalue weighted by atomic mass is 19.1. The summed E-state index contributed by atoms with van der Waals surface area (Å²) in [6.07, 6.45) is 2.03. The Morgan fingerprint density at radius 1 is 1.41 bits per heavy atom. The van der Waals surface area contributed by atoms with Crippen molar-refractivity contribution in [2.24, 2.45) is 0 Å². The van der Waals surface area contributed by atoms with Gasteiger partial charge in [0, 0.05) is 26.3 Å².